The summed E-state index contributed by atoms with van der Waals surface area (Å²) in [6.45, 7) is 14.3. The van der Waals surface area contributed by atoms with E-state index >= 15 is 0 Å². The summed E-state index contributed by atoms with van der Waals surface area (Å²) in [7, 11) is 2.06. The lowest BCUT2D eigenvalue weighted by atomic mass is 9.94. The molecule has 236 valence electrons. The summed E-state index contributed by atoms with van der Waals surface area (Å²) in [5.74, 6) is 1.39. The molecule has 1 fully saturated rings. The number of nitrogens with one attached hydrogen (secondary N) is 3. The van der Waals surface area contributed by atoms with Crippen molar-refractivity contribution < 1.29 is 0 Å². The van der Waals surface area contributed by atoms with Crippen LogP contribution in [0, 0.1) is 34.5 Å². The van der Waals surface area contributed by atoms with Crippen LogP contribution in [0.5, 0.6) is 0 Å². The lowest BCUT2D eigenvalue weighted by Crippen LogP contribution is -2.29. The van der Waals surface area contributed by atoms with Gasteiger partial charge in [-0.25, -0.2) is 0 Å². The van der Waals surface area contributed by atoms with Crippen LogP contribution in [0.25, 0.3) is 21.8 Å². The van der Waals surface area contributed by atoms with Crippen LogP contribution < -0.4 is 5.32 Å². The highest BCUT2D eigenvalue weighted by Crippen LogP contribution is 2.31. The molecule has 3 unspecified atom stereocenters. The van der Waals surface area contributed by atoms with Gasteiger partial charge in [-0.1, -0.05) is 53.9 Å². The molecule has 5 rings (SSSR count). The third kappa shape index (κ3) is 9.46. The van der Waals surface area contributed by atoms with Crippen LogP contribution in [0.2, 0.25) is 0 Å². The summed E-state index contributed by atoms with van der Waals surface area (Å²) in [4.78, 5) is 9.14. The molecule has 2 heterocycles. The van der Waals surface area contributed by atoms with E-state index in [2.05, 4.69) is 72.5 Å². The van der Waals surface area contributed by atoms with Crippen LogP contribution in [0.4, 0.5) is 0 Å². The zero-order valence-corrected chi connectivity index (χ0v) is 28.0. The Morgan fingerprint density at radius 1 is 0.886 bits per heavy atom. The summed E-state index contributed by atoms with van der Waals surface area (Å²) >= 11 is 0. The molecule has 6 nitrogen and oxygen atoms in total. The standard InChI is InChI=1S/C20H29N3.C16H19N3.C2H6/c1-4-23(5-2)11-7-6-8-16(3)12-18-15-22-20-10-9-17(14-21)13-19(18)20;1-18-15-4-2-3-12(15)8-13-10-19-16-6-5-11(9-17)7-14(13)16;1-2/h9-10,13,15-16,22H,4-8,11-12H2,1-3H3;5-7,10,12,15,18-19H,2-4,8H2,1H3;1-2H3. The first-order chi connectivity index (χ1) is 21.5. The van der Waals surface area contributed by atoms with Gasteiger partial charge >= 0.3 is 0 Å². The molecule has 0 amide bonds. The van der Waals surface area contributed by atoms with Gasteiger partial charge in [0.25, 0.3) is 0 Å². The molecule has 6 heteroatoms. The first-order valence-corrected chi connectivity index (χ1v) is 16.9. The van der Waals surface area contributed by atoms with Gasteiger partial charge in [-0.2, -0.15) is 10.5 Å². The first-order valence-electron chi connectivity index (χ1n) is 16.9. The quantitative estimate of drug-likeness (QED) is 0.143. The largest absolute Gasteiger partial charge is 0.361 e. The Hall–Kier alpha value is -3.58. The molecule has 0 bridgehead atoms. The topological polar surface area (TPSA) is 94.4 Å². The normalized spacial score (nSPS) is 16.6. The van der Waals surface area contributed by atoms with Crippen molar-refractivity contribution in [3.05, 3.63) is 71.0 Å². The summed E-state index contributed by atoms with van der Waals surface area (Å²) in [5.41, 5.74) is 6.43. The van der Waals surface area contributed by atoms with Crippen molar-refractivity contribution in [2.24, 2.45) is 11.8 Å². The smallest absolute Gasteiger partial charge is 0.0991 e. The Balaban J connectivity index is 0.000000231. The number of nitriles is 2. The Morgan fingerprint density at radius 3 is 2.05 bits per heavy atom. The molecule has 2 aromatic carbocycles. The summed E-state index contributed by atoms with van der Waals surface area (Å²) in [5, 5.41) is 23.9. The molecule has 0 aliphatic heterocycles. The molecule has 0 radical (unpaired) electrons. The van der Waals surface area contributed by atoms with Crippen molar-refractivity contribution in [2.75, 3.05) is 26.7 Å². The van der Waals surface area contributed by atoms with Gasteiger partial charge in [0, 0.05) is 40.2 Å². The van der Waals surface area contributed by atoms with Gasteiger partial charge in [-0.15, -0.1) is 0 Å². The number of rotatable bonds is 12. The highest BCUT2D eigenvalue weighted by atomic mass is 15.1. The van der Waals surface area contributed by atoms with Crippen LogP contribution in [-0.2, 0) is 12.8 Å². The molecule has 2 aromatic heterocycles. The zero-order chi connectivity index (χ0) is 31.9. The average molecular weight is 595 g/mol. The Labute approximate surface area is 265 Å². The second-order valence-electron chi connectivity index (χ2n) is 12.0. The van der Waals surface area contributed by atoms with Crippen LogP contribution in [0.3, 0.4) is 0 Å². The van der Waals surface area contributed by atoms with Crippen molar-refractivity contribution in [1.29, 1.82) is 10.5 Å². The number of hydrogen-bond donors (Lipinski definition) is 3. The SMILES string of the molecule is CC.CCN(CC)CCCCC(C)Cc1c[nH]c2ccc(C#N)cc12.CNC1CCCC1Cc1c[nH]c2ccc(C#N)cc12. The van der Waals surface area contributed by atoms with E-state index in [1.165, 1.54) is 67.0 Å². The highest BCUT2D eigenvalue weighted by molar-refractivity contribution is 5.85. The van der Waals surface area contributed by atoms with E-state index in [4.69, 9.17) is 10.5 Å². The molecular weight excluding hydrogens is 540 g/mol. The van der Waals surface area contributed by atoms with Crippen LogP contribution in [-0.4, -0.2) is 47.6 Å². The molecule has 44 heavy (non-hydrogen) atoms. The zero-order valence-electron chi connectivity index (χ0n) is 28.0. The van der Waals surface area contributed by atoms with Gasteiger partial charge in [0.1, 0.15) is 0 Å². The molecule has 0 saturated heterocycles. The monoisotopic (exact) mass is 594 g/mol. The minimum atomic E-state index is 0.643. The van der Waals surface area contributed by atoms with Crippen molar-refractivity contribution in [3.8, 4) is 12.1 Å². The minimum Gasteiger partial charge on any atom is -0.361 e. The van der Waals surface area contributed by atoms with E-state index in [1.807, 2.05) is 50.2 Å². The lowest BCUT2D eigenvalue weighted by molar-refractivity contribution is 0.292. The maximum Gasteiger partial charge on any atom is 0.0991 e. The van der Waals surface area contributed by atoms with E-state index < -0.39 is 0 Å². The summed E-state index contributed by atoms with van der Waals surface area (Å²) in [6, 6.07) is 16.9. The van der Waals surface area contributed by atoms with E-state index in [0.717, 1.165) is 54.0 Å². The van der Waals surface area contributed by atoms with Gasteiger partial charge in [0.2, 0.25) is 0 Å². The number of hydrogen-bond acceptors (Lipinski definition) is 4. The van der Waals surface area contributed by atoms with Crippen molar-refractivity contribution in [1.82, 2.24) is 20.2 Å². The van der Waals surface area contributed by atoms with Gasteiger partial charge in [0.15, 0.2) is 0 Å². The number of aromatic amines is 2. The number of benzene rings is 2. The molecule has 4 aromatic rings. The molecule has 1 saturated carbocycles. The van der Waals surface area contributed by atoms with Gasteiger partial charge in [-0.05, 0) is 118 Å². The maximum atomic E-state index is 9.07. The first kappa shape index (κ1) is 34.9. The van der Waals surface area contributed by atoms with Gasteiger partial charge in [-0.3, -0.25) is 0 Å². The Bertz CT molecular complexity index is 1500. The molecule has 1 aliphatic carbocycles. The predicted octanol–water partition coefficient (Wildman–Crippen LogP) is 8.73. The molecular formula is C38H54N6. The number of unbranched alkanes of at least 4 members (excludes halogenated alkanes) is 1. The predicted molar refractivity (Wildman–Crippen MR) is 186 cm³/mol. The third-order valence-electron chi connectivity index (χ3n) is 9.19. The second-order valence-corrected chi connectivity index (χ2v) is 12.0. The highest BCUT2D eigenvalue weighted by Gasteiger charge is 2.26. The second kappa shape index (κ2) is 18.3. The molecule has 0 spiro atoms. The summed E-state index contributed by atoms with van der Waals surface area (Å²) < 4.78 is 0. The van der Waals surface area contributed by atoms with E-state index in [-0.39, 0.29) is 0 Å². The number of fused-ring (bicyclic) bond motifs is 2. The average Bonchev–Trinajstić information content (AvgIpc) is 3.81. The third-order valence-corrected chi connectivity index (χ3v) is 9.19. The van der Waals surface area contributed by atoms with Crippen molar-refractivity contribution in [3.63, 3.8) is 0 Å². The van der Waals surface area contributed by atoms with Gasteiger partial charge in [0.05, 0.1) is 23.3 Å². The Morgan fingerprint density at radius 2 is 1.48 bits per heavy atom. The van der Waals surface area contributed by atoms with Crippen LogP contribution in [0.1, 0.15) is 95.4 Å². The fourth-order valence-electron chi connectivity index (χ4n) is 6.62. The fourth-order valence-corrected chi connectivity index (χ4v) is 6.62. The molecule has 3 N–H and O–H groups in total. The molecule has 3 atom stereocenters. The van der Waals surface area contributed by atoms with Crippen molar-refractivity contribution >= 4 is 21.8 Å². The number of nitrogens with zero attached hydrogens (tertiary/aromatic N) is 3. The van der Waals surface area contributed by atoms with Crippen LogP contribution >= 0.6 is 0 Å². The fraction of sp³-hybridized carbons (Fsp3) is 0.526. The number of aromatic nitrogens is 2. The molecule has 1 aliphatic rings. The summed E-state index contributed by atoms with van der Waals surface area (Å²) in [6.07, 6.45) is 14.2. The maximum absolute atomic E-state index is 9.07. The van der Waals surface area contributed by atoms with E-state index in [9.17, 15) is 0 Å². The van der Waals surface area contributed by atoms with Crippen molar-refractivity contribution in [2.45, 2.75) is 92.0 Å². The lowest BCUT2D eigenvalue weighted by Gasteiger charge is -2.18. The van der Waals surface area contributed by atoms with E-state index in [1.54, 1.807) is 0 Å². The van der Waals surface area contributed by atoms with Gasteiger partial charge < -0.3 is 20.2 Å². The number of H-pyrrole nitrogens is 2. The van der Waals surface area contributed by atoms with Crippen LogP contribution in [0.15, 0.2) is 48.8 Å². The minimum absolute atomic E-state index is 0.643. The van der Waals surface area contributed by atoms with E-state index in [0.29, 0.717) is 12.0 Å². The Kier molecular flexibility index (Phi) is 14.5.